The maximum Gasteiger partial charge on any atom is 0.220 e. The van der Waals surface area contributed by atoms with Crippen LogP contribution in [0.5, 0.6) is 0 Å². The van der Waals surface area contributed by atoms with Gasteiger partial charge in [-0.1, -0.05) is 55.0 Å². The van der Waals surface area contributed by atoms with Crippen LogP contribution in [-0.2, 0) is 16.8 Å². The van der Waals surface area contributed by atoms with Gasteiger partial charge in [-0.2, -0.15) is 0 Å². The molecule has 0 saturated heterocycles. The van der Waals surface area contributed by atoms with E-state index in [1.165, 1.54) is 22.0 Å². The van der Waals surface area contributed by atoms with E-state index < -0.39 is 0 Å². The topological polar surface area (TPSA) is 48.1 Å². The second kappa shape index (κ2) is 12.4. The molecule has 0 unspecified atom stereocenters. The minimum Gasteiger partial charge on any atom is -0.361 e. The molecule has 0 radical (unpaired) electrons. The molecule has 1 amide bonds. The number of hydrogen-bond acceptors (Lipinski definition) is 2. The molecule has 1 saturated carbocycles. The van der Waals surface area contributed by atoms with Crippen LogP contribution in [0.15, 0.2) is 60.8 Å². The van der Waals surface area contributed by atoms with Crippen molar-refractivity contribution in [3.8, 4) is 0 Å². The van der Waals surface area contributed by atoms with Crippen molar-refractivity contribution in [1.82, 2.24) is 15.2 Å². The first-order valence-corrected chi connectivity index (χ1v) is 12.6. The van der Waals surface area contributed by atoms with Crippen LogP contribution in [0.25, 0.3) is 10.9 Å². The van der Waals surface area contributed by atoms with Crippen molar-refractivity contribution < 1.29 is 4.79 Å². The molecule has 0 bridgehead atoms. The zero-order valence-electron chi connectivity index (χ0n) is 20.7. The summed E-state index contributed by atoms with van der Waals surface area (Å²) in [6.45, 7) is 0.797. The number of halogens is 1. The predicted molar refractivity (Wildman–Crippen MR) is 144 cm³/mol. The SMILES string of the molecule is CN(C)C1(c2ccccc2)CCC(CC(=O)NCCCCCc2c[nH]c3ccccc23)CC1.Cl. The number of carbonyl (C=O) groups excluding carboxylic acids is 1. The van der Waals surface area contributed by atoms with E-state index in [1.54, 1.807) is 0 Å². The lowest BCUT2D eigenvalue weighted by molar-refractivity contribution is -0.122. The third-order valence-electron chi connectivity index (χ3n) is 7.69. The Bertz CT molecular complexity index is 1020. The van der Waals surface area contributed by atoms with Gasteiger partial charge < -0.3 is 10.3 Å². The standard InChI is InChI=1S/C29H39N3O.ClH/c1-32(2)29(25-12-6-3-7-13-25)18-16-23(17-19-29)21-28(33)30-20-10-4-5-11-24-22-31-27-15-9-8-14-26(24)27;/h3,6-9,12-15,22-23,31H,4-5,10-11,16-21H2,1-2H3,(H,30,33);1H. The van der Waals surface area contributed by atoms with Crippen LogP contribution in [0.4, 0.5) is 0 Å². The number of H-pyrrole nitrogens is 1. The Morgan fingerprint density at radius 1 is 1.00 bits per heavy atom. The lowest BCUT2D eigenvalue weighted by Crippen LogP contribution is -2.44. The number of fused-ring (bicyclic) bond motifs is 1. The Hall–Kier alpha value is -2.30. The average molecular weight is 482 g/mol. The van der Waals surface area contributed by atoms with Crippen LogP contribution in [0, 0.1) is 5.92 Å². The number of aryl methyl sites for hydroxylation is 1. The number of hydrogen-bond donors (Lipinski definition) is 2. The molecule has 34 heavy (non-hydrogen) atoms. The number of unbranched alkanes of at least 4 members (excludes halogenated alkanes) is 2. The molecular weight excluding hydrogens is 442 g/mol. The third-order valence-corrected chi connectivity index (χ3v) is 7.69. The molecule has 0 spiro atoms. The first-order valence-electron chi connectivity index (χ1n) is 12.6. The molecule has 1 aliphatic carbocycles. The van der Waals surface area contributed by atoms with Gasteiger partial charge in [0.2, 0.25) is 5.91 Å². The molecule has 4 nitrogen and oxygen atoms in total. The Balaban J connectivity index is 0.00000324. The molecule has 1 aliphatic rings. The predicted octanol–water partition coefficient (Wildman–Crippen LogP) is 6.46. The van der Waals surface area contributed by atoms with E-state index in [0.717, 1.165) is 57.9 Å². The number of nitrogens with zero attached hydrogens (tertiary/aromatic N) is 1. The highest BCUT2D eigenvalue weighted by molar-refractivity contribution is 5.85. The molecule has 1 fully saturated rings. The second-order valence-electron chi connectivity index (χ2n) is 9.96. The summed E-state index contributed by atoms with van der Waals surface area (Å²) in [5.41, 5.74) is 4.13. The molecule has 2 N–H and O–H groups in total. The fraction of sp³-hybridized carbons (Fsp3) is 0.483. The van der Waals surface area contributed by atoms with E-state index >= 15 is 0 Å². The summed E-state index contributed by atoms with van der Waals surface area (Å²) in [7, 11) is 4.39. The molecule has 5 heteroatoms. The van der Waals surface area contributed by atoms with Crippen LogP contribution in [0.1, 0.15) is 62.5 Å². The molecular formula is C29H40ClN3O. The number of aromatic amines is 1. The number of nitrogens with one attached hydrogen (secondary N) is 2. The highest BCUT2D eigenvalue weighted by Gasteiger charge is 2.38. The number of aromatic nitrogens is 1. The van der Waals surface area contributed by atoms with Crippen molar-refractivity contribution >= 4 is 29.2 Å². The Kier molecular flexibility index (Phi) is 9.61. The smallest absolute Gasteiger partial charge is 0.220 e. The molecule has 3 aromatic rings. The van der Waals surface area contributed by atoms with Gasteiger partial charge in [0, 0.05) is 35.6 Å². The van der Waals surface area contributed by atoms with E-state index in [2.05, 4.69) is 90.1 Å². The van der Waals surface area contributed by atoms with Crippen molar-refractivity contribution in [3.63, 3.8) is 0 Å². The Labute approximate surface area is 210 Å². The van der Waals surface area contributed by atoms with E-state index in [1.807, 2.05) is 0 Å². The Morgan fingerprint density at radius 3 is 2.44 bits per heavy atom. The summed E-state index contributed by atoms with van der Waals surface area (Å²) in [6, 6.07) is 19.4. The van der Waals surface area contributed by atoms with Crippen LogP contribution < -0.4 is 5.32 Å². The average Bonchev–Trinajstić information content (AvgIpc) is 3.25. The van der Waals surface area contributed by atoms with Crippen LogP contribution in [0.3, 0.4) is 0 Å². The monoisotopic (exact) mass is 481 g/mol. The summed E-state index contributed by atoms with van der Waals surface area (Å²) < 4.78 is 0. The molecule has 184 valence electrons. The van der Waals surface area contributed by atoms with Crippen LogP contribution >= 0.6 is 12.4 Å². The fourth-order valence-electron chi connectivity index (χ4n) is 5.62. The Morgan fingerprint density at radius 2 is 1.71 bits per heavy atom. The maximum atomic E-state index is 12.5. The zero-order chi connectivity index (χ0) is 23.1. The maximum absolute atomic E-state index is 12.5. The third kappa shape index (κ3) is 6.22. The van der Waals surface area contributed by atoms with E-state index in [4.69, 9.17) is 0 Å². The number of carbonyl (C=O) groups is 1. The summed E-state index contributed by atoms with van der Waals surface area (Å²) in [5, 5.41) is 4.51. The van der Waals surface area contributed by atoms with Crippen molar-refractivity contribution in [3.05, 3.63) is 71.9 Å². The minimum absolute atomic E-state index is 0. The highest BCUT2D eigenvalue weighted by Crippen LogP contribution is 2.43. The van der Waals surface area contributed by atoms with Gasteiger partial charge in [-0.3, -0.25) is 9.69 Å². The molecule has 0 atom stereocenters. The van der Waals surface area contributed by atoms with Gasteiger partial charge in [0.05, 0.1) is 0 Å². The van der Waals surface area contributed by atoms with Gasteiger partial charge in [0.15, 0.2) is 0 Å². The fourth-order valence-corrected chi connectivity index (χ4v) is 5.62. The van der Waals surface area contributed by atoms with Crippen molar-refractivity contribution in [1.29, 1.82) is 0 Å². The number of rotatable bonds is 10. The first-order chi connectivity index (χ1) is 16.1. The van der Waals surface area contributed by atoms with Crippen molar-refractivity contribution in [2.24, 2.45) is 5.92 Å². The van der Waals surface area contributed by atoms with Crippen LogP contribution in [0.2, 0.25) is 0 Å². The summed E-state index contributed by atoms with van der Waals surface area (Å²) in [5.74, 6) is 0.734. The van der Waals surface area contributed by atoms with Gasteiger partial charge in [-0.15, -0.1) is 12.4 Å². The second-order valence-corrected chi connectivity index (χ2v) is 9.96. The lowest BCUT2D eigenvalue weighted by atomic mass is 9.71. The van der Waals surface area contributed by atoms with E-state index in [-0.39, 0.29) is 23.9 Å². The normalized spacial score (nSPS) is 20.3. The molecule has 0 aliphatic heterocycles. The molecule has 2 aromatic carbocycles. The largest absolute Gasteiger partial charge is 0.361 e. The van der Waals surface area contributed by atoms with Gasteiger partial charge in [0.25, 0.3) is 0 Å². The van der Waals surface area contributed by atoms with Crippen LogP contribution in [-0.4, -0.2) is 36.4 Å². The molecule has 1 heterocycles. The zero-order valence-corrected chi connectivity index (χ0v) is 21.5. The van der Waals surface area contributed by atoms with E-state index in [0.29, 0.717) is 12.3 Å². The van der Waals surface area contributed by atoms with Gasteiger partial charge in [0.1, 0.15) is 0 Å². The molecule has 1 aromatic heterocycles. The van der Waals surface area contributed by atoms with Crippen molar-refractivity contribution in [2.75, 3.05) is 20.6 Å². The van der Waals surface area contributed by atoms with Gasteiger partial charge in [-0.05, 0) is 82.2 Å². The lowest BCUT2D eigenvalue weighted by Gasteiger charge is -2.45. The summed E-state index contributed by atoms with van der Waals surface area (Å²) in [4.78, 5) is 18.3. The summed E-state index contributed by atoms with van der Waals surface area (Å²) >= 11 is 0. The van der Waals surface area contributed by atoms with Gasteiger partial charge in [-0.25, -0.2) is 0 Å². The quantitative estimate of drug-likeness (QED) is 0.326. The van der Waals surface area contributed by atoms with Gasteiger partial charge >= 0.3 is 0 Å². The molecule has 4 rings (SSSR count). The summed E-state index contributed by atoms with van der Waals surface area (Å²) in [6.07, 6.45) is 11.7. The number of benzene rings is 2. The van der Waals surface area contributed by atoms with E-state index in [9.17, 15) is 4.79 Å². The number of amides is 1. The minimum atomic E-state index is 0. The highest BCUT2D eigenvalue weighted by atomic mass is 35.5. The van der Waals surface area contributed by atoms with Crippen molar-refractivity contribution in [2.45, 2.75) is 63.3 Å². The first kappa shape index (κ1) is 26.3. The number of para-hydroxylation sites is 1.